The first-order chi connectivity index (χ1) is 16.5. The number of amides is 3. The molecule has 0 aromatic heterocycles. The van der Waals surface area contributed by atoms with Gasteiger partial charge in [-0.15, -0.1) is 0 Å². The van der Waals surface area contributed by atoms with E-state index in [0.29, 0.717) is 6.54 Å². The molecule has 35 heavy (non-hydrogen) atoms. The van der Waals surface area contributed by atoms with Crippen LogP contribution in [0.2, 0.25) is 0 Å². The minimum Gasteiger partial charge on any atom is -0.444 e. The summed E-state index contributed by atoms with van der Waals surface area (Å²) in [6, 6.07) is 3.65. The van der Waals surface area contributed by atoms with Crippen LogP contribution >= 0.6 is 0 Å². The molecule has 0 radical (unpaired) electrons. The van der Waals surface area contributed by atoms with Gasteiger partial charge in [-0.3, -0.25) is 9.59 Å². The Bertz CT molecular complexity index is 876. The molecule has 0 heterocycles. The molecule has 1 aromatic carbocycles. The van der Waals surface area contributed by atoms with Crippen LogP contribution in [0.5, 0.6) is 0 Å². The van der Waals surface area contributed by atoms with E-state index in [4.69, 9.17) is 4.74 Å². The SMILES string of the molecule is CCCCCNC(=O)C(c1cc(C)ccc1C)N(C(=O)C(CO)NC(=O)OC(C)(C)C)C1CCC1. The summed E-state index contributed by atoms with van der Waals surface area (Å²) < 4.78 is 5.29. The first kappa shape index (κ1) is 28.6. The Labute approximate surface area is 209 Å². The highest BCUT2D eigenvalue weighted by molar-refractivity contribution is 5.92. The molecule has 0 bridgehead atoms. The number of aliphatic hydroxyl groups excluding tert-OH is 1. The number of rotatable bonds is 11. The molecule has 1 aliphatic carbocycles. The molecule has 1 aliphatic rings. The quantitative estimate of drug-likeness (QED) is 0.409. The number of carbonyl (C=O) groups excluding carboxylic acids is 3. The Morgan fingerprint density at radius 3 is 2.40 bits per heavy atom. The van der Waals surface area contributed by atoms with Crippen LogP contribution in [0.25, 0.3) is 0 Å². The Balaban J connectivity index is 2.42. The number of hydrogen-bond acceptors (Lipinski definition) is 5. The predicted molar refractivity (Wildman–Crippen MR) is 136 cm³/mol. The highest BCUT2D eigenvalue weighted by Gasteiger charge is 2.42. The van der Waals surface area contributed by atoms with Crippen molar-refractivity contribution in [1.29, 1.82) is 0 Å². The van der Waals surface area contributed by atoms with E-state index in [1.54, 1.807) is 25.7 Å². The fourth-order valence-electron chi connectivity index (χ4n) is 4.15. The van der Waals surface area contributed by atoms with Crippen molar-refractivity contribution in [2.24, 2.45) is 0 Å². The summed E-state index contributed by atoms with van der Waals surface area (Å²) in [4.78, 5) is 41.4. The topological polar surface area (TPSA) is 108 Å². The van der Waals surface area contributed by atoms with Crippen LogP contribution in [0.3, 0.4) is 0 Å². The molecule has 8 heteroatoms. The second-order valence-corrected chi connectivity index (χ2v) is 10.5. The highest BCUT2D eigenvalue weighted by Crippen LogP contribution is 2.35. The van der Waals surface area contributed by atoms with Crippen molar-refractivity contribution in [3.63, 3.8) is 0 Å². The summed E-state index contributed by atoms with van der Waals surface area (Å²) in [5.74, 6) is -0.735. The van der Waals surface area contributed by atoms with Gasteiger partial charge in [-0.25, -0.2) is 4.79 Å². The molecular formula is C27H43N3O5. The molecule has 1 fully saturated rings. The number of ether oxygens (including phenoxy) is 1. The lowest BCUT2D eigenvalue weighted by molar-refractivity contribution is -0.148. The lowest BCUT2D eigenvalue weighted by Gasteiger charge is -2.43. The molecule has 0 aliphatic heterocycles. The zero-order valence-corrected chi connectivity index (χ0v) is 22.1. The van der Waals surface area contributed by atoms with Gasteiger partial charge >= 0.3 is 6.09 Å². The number of aliphatic hydroxyl groups is 1. The van der Waals surface area contributed by atoms with E-state index >= 15 is 0 Å². The largest absolute Gasteiger partial charge is 0.444 e. The lowest BCUT2D eigenvalue weighted by atomic mass is 9.87. The smallest absolute Gasteiger partial charge is 0.408 e. The fraction of sp³-hybridized carbons (Fsp3) is 0.667. The average Bonchev–Trinajstić information content (AvgIpc) is 2.74. The summed E-state index contributed by atoms with van der Waals surface area (Å²) in [6.45, 7) is 11.1. The van der Waals surface area contributed by atoms with Crippen LogP contribution in [0.15, 0.2) is 18.2 Å². The molecule has 2 atom stereocenters. The van der Waals surface area contributed by atoms with E-state index in [1.807, 2.05) is 32.0 Å². The highest BCUT2D eigenvalue weighted by atomic mass is 16.6. The third-order valence-electron chi connectivity index (χ3n) is 6.23. The fourth-order valence-corrected chi connectivity index (χ4v) is 4.15. The van der Waals surface area contributed by atoms with Gasteiger partial charge in [0.1, 0.15) is 17.7 Å². The van der Waals surface area contributed by atoms with Crippen molar-refractivity contribution < 1.29 is 24.2 Å². The second-order valence-electron chi connectivity index (χ2n) is 10.5. The number of aryl methyl sites for hydroxylation is 2. The van der Waals surface area contributed by atoms with Gasteiger partial charge in [-0.05, 0) is 71.4 Å². The number of nitrogens with one attached hydrogen (secondary N) is 2. The standard InChI is InChI=1S/C27H43N3O5/c1-7-8-9-15-28-24(32)23(21-16-18(2)13-14-19(21)3)30(20-11-10-12-20)25(33)22(17-31)29-26(34)35-27(4,5)6/h13-14,16,20,22-23,31H,7-12,15,17H2,1-6H3,(H,28,32)(H,29,34). The molecule has 0 spiro atoms. The van der Waals surface area contributed by atoms with Crippen LogP contribution in [0, 0.1) is 13.8 Å². The van der Waals surface area contributed by atoms with Gasteiger partial charge in [-0.1, -0.05) is 43.5 Å². The molecule has 8 nitrogen and oxygen atoms in total. The van der Waals surface area contributed by atoms with Gasteiger partial charge in [0.2, 0.25) is 11.8 Å². The van der Waals surface area contributed by atoms with Crippen molar-refractivity contribution in [2.75, 3.05) is 13.2 Å². The van der Waals surface area contributed by atoms with Gasteiger partial charge in [0.25, 0.3) is 0 Å². The number of alkyl carbamates (subject to hydrolysis) is 1. The zero-order valence-electron chi connectivity index (χ0n) is 22.1. The summed E-state index contributed by atoms with van der Waals surface area (Å²) in [7, 11) is 0. The van der Waals surface area contributed by atoms with Gasteiger partial charge in [-0.2, -0.15) is 0 Å². The maximum Gasteiger partial charge on any atom is 0.408 e. The van der Waals surface area contributed by atoms with Gasteiger partial charge < -0.3 is 25.4 Å². The minimum absolute atomic E-state index is 0.150. The first-order valence-corrected chi connectivity index (χ1v) is 12.8. The third kappa shape index (κ3) is 8.23. The average molecular weight is 490 g/mol. The molecule has 1 saturated carbocycles. The van der Waals surface area contributed by atoms with Crippen molar-refractivity contribution in [2.45, 2.75) is 104 Å². The van der Waals surface area contributed by atoms with Crippen molar-refractivity contribution in [3.8, 4) is 0 Å². The van der Waals surface area contributed by atoms with Crippen molar-refractivity contribution in [3.05, 3.63) is 34.9 Å². The minimum atomic E-state index is -1.22. The molecular weight excluding hydrogens is 446 g/mol. The van der Waals surface area contributed by atoms with Gasteiger partial charge in [0.15, 0.2) is 0 Å². The summed E-state index contributed by atoms with van der Waals surface area (Å²) in [5, 5.41) is 15.6. The number of benzene rings is 1. The van der Waals surface area contributed by atoms with E-state index < -0.39 is 36.3 Å². The van der Waals surface area contributed by atoms with Crippen LogP contribution in [-0.2, 0) is 14.3 Å². The van der Waals surface area contributed by atoms with Crippen molar-refractivity contribution >= 4 is 17.9 Å². The predicted octanol–water partition coefficient (Wildman–Crippen LogP) is 3.92. The Kier molecular flexibility index (Phi) is 10.6. The van der Waals surface area contributed by atoms with Crippen LogP contribution in [-0.4, -0.2) is 58.8 Å². The molecule has 0 saturated heterocycles. The molecule has 3 amide bonds. The van der Waals surface area contributed by atoms with E-state index in [1.165, 1.54) is 0 Å². The van der Waals surface area contributed by atoms with Crippen LogP contribution in [0.4, 0.5) is 4.79 Å². The maximum atomic E-state index is 13.8. The number of hydrogen-bond donors (Lipinski definition) is 3. The van der Waals surface area contributed by atoms with E-state index in [2.05, 4.69) is 17.6 Å². The zero-order chi connectivity index (χ0) is 26.2. The van der Waals surface area contributed by atoms with Crippen molar-refractivity contribution in [1.82, 2.24) is 15.5 Å². The van der Waals surface area contributed by atoms with E-state index in [-0.39, 0.29) is 11.9 Å². The Morgan fingerprint density at radius 1 is 1.17 bits per heavy atom. The summed E-state index contributed by atoms with van der Waals surface area (Å²) >= 11 is 0. The molecule has 2 rings (SSSR count). The molecule has 3 N–H and O–H groups in total. The monoisotopic (exact) mass is 489 g/mol. The lowest BCUT2D eigenvalue weighted by Crippen LogP contribution is -2.58. The van der Waals surface area contributed by atoms with Gasteiger partial charge in [0, 0.05) is 12.6 Å². The van der Waals surface area contributed by atoms with Crippen LogP contribution in [0.1, 0.15) is 89.0 Å². The molecule has 196 valence electrons. The number of nitrogens with zero attached hydrogens (tertiary/aromatic N) is 1. The van der Waals surface area contributed by atoms with E-state index in [9.17, 15) is 19.5 Å². The van der Waals surface area contributed by atoms with E-state index in [0.717, 1.165) is 55.2 Å². The maximum absolute atomic E-state index is 13.8. The summed E-state index contributed by atoms with van der Waals surface area (Å²) in [6.07, 6.45) is 4.60. The Hall–Kier alpha value is -2.61. The first-order valence-electron chi connectivity index (χ1n) is 12.8. The third-order valence-corrected chi connectivity index (χ3v) is 6.23. The Morgan fingerprint density at radius 2 is 1.86 bits per heavy atom. The van der Waals surface area contributed by atoms with Gasteiger partial charge in [0.05, 0.1) is 6.61 Å². The molecule has 2 unspecified atom stereocenters. The number of unbranched alkanes of at least 4 members (excludes halogenated alkanes) is 2. The van der Waals surface area contributed by atoms with Crippen LogP contribution < -0.4 is 10.6 Å². The second kappa shape index (κ2) is 12.9. The molecule has 1 aromatic rings. The normalized spacial score (nSPS) is 15.5. The number of carbonyl (C=O) groups is 3. The summed E-state index contributed by atoms with van der Waals surface area (Å²) in [5.41, 5.74) is 1.90.